The standard InChI is InChI=1S/C17H20FNO3/c1-3-14-8-9-16(22-14)17(21)19-11(2)10-15(20)12-4-6-13(18)7-5-12/h4-9,11,15,20H,3,10H2,1-2H3,(H,19,21). The number of carbonyl (C=O) groups is 1. The molecule has 0 aliphatic carbocycles. The summed E-state index contributed by atoms with van der Waals surface area (Å²) >= 11 is 0. The maximum atomic E-state index is 12.9. The second kappa shape index (κ2) is 7.22. The van der Waals surface area contributed by atoms with E-state index in [1.165, 1.54) is 24.3 Å². The molecule has 1 amide bonds. The van der Waals surface area contributed by atoms with E-state index in [1.54, 1.807) is 19.1 Å². The molecule has 0 aliphatic rings. The van der Waals surface area contributed by atoms with Crippen molar-refractivity contribution in [3.05, 3.63) is 59.3 Å². The number of amides is 1. The van der Waals surface area contributed by atoms with Gasteiger partial charge < -0.3 is 14.8 Å². The normalized spacial score (nSPS) is 13.6. The molecular weight excluding hydrogens is 285 g/mol. The molecule has 0 saturated carbocycles. The summed E-state index contributed by atoms with van der Waals surface area (Å²) in [7, 11) is 0. The van der Waals surface area contributed by atoms with E-state index in [1.807, 2.05) is 6.92 Å². The van der Waals surface area contributed by atoms with Crippen LogP contribution in [0.2, 0.25) is 0 Å². The highest BCUT2D eigenvalue weighted by Gasteiger charge is 2.17. The minimum atomic E-state index is -0.765. The van der Waals surface area contributed by atoms with Gasteiger partial charge in [-0.05, 0) is 43.2 Å². The van der Waals surface area contributed by atoms with Gasteiger partial charge in [-0.2, -0.15) is 0 Å². The van der Waals surface area contributed by atoms with Crippen LogP contribution >= 0.6 is 0 Å². The van der Waals surface area contributed by atoms with E-state index in [0.717, 1.165) is 12.2 Å². The molecule has 0 aliphatic heterocycles. The van der Waals surface area contributed by atoms with E-state index in [4.69, 9.17) is 4.42 Å². The van der Waals surface area contributed by atoms with Crippen LogP contribution in [-0.2, 0) is 6.42 Å². The van der Waals surface area contributed by atoms with Gasteiger partial charge in [0, 0.05) is 12.5 Å². The number of furan rings is 1. The van der Waals surface area contributed by atoms with Crippen LogP contribution in [0.5, 0.6) is 0 Å². The molecule has 1 aromatic heterocycles. The Bertz CT molecular complexity index is 621. The second-order valence-electron chi connectivity index (χ2n) is 5.30. The number of carbonyl (C=O) groups excluding carboxylic acids is 1. The summed E-state index contributed by atoms with van der Waals surface area (Å²) in [6.07, 6.45) is 0.295. The maximum absolute atomic E-state index is 12.9. The van der Waals surface area contributed by atoms with Crippen molar-refractivity contribution in [2.75, 3.05) is 0 Å². The van der Waals surface area contributed by atoms with Gasteiger partial charge in [-0.1, -0.05) is 19.1 Å². The number of benzene rings is 1. The average molecular weight is 305 g/mol. The Hall–Kier alpha value is -2.14. The predicted molar refractivity (Wildman–Crippen MR) is 81.0 cm³/mol. The maximum Gasteiger partial charge on any atom is 0.287 e. The van der Waals surface area contributed by atoms with Crippen LogP contribution in [0, 0.1) is 5.82 Å². The van der Waals surface area contributed by atoms with Crippen LogP contribution < -0.4 is 5.32 Å². The largest absolute Gasteiger partial charge is 0.456 e. The highest BCUT2D eigenvalue weighted by Crippen LogP contribution is 2.19. The Kier molecular flexibility index (Phi) is 5.33. The number of hydrogen-bond donors (Lipinski definition) is 2. The summed E-state index contributed by atoms with van der Waals surface area (Å²) in [5.41, 5.74) is 0.619. The van der Waals surface area contributed by atoms with Gasteiger partial charge in [0.2, 0.25) is 0 Å². The van der Waals surface area contributed by atoms with Crippen molar-refractivity contribution in [2.45, 2.75) is 38.8 Å². The van der Waals surface area contributed by atoms with Gasteiger partial charge in [-0.25, -0.2) is 4.39 Å². The number of rotatable bonds is 6. The van der Waals surface area contributed by atoms with Crippen LogP contribution in [0.1, 0.15) is 48.3 Å². The molecule has 22 heavy (non-hydrogen) atoms. The number of aliphatic hydroxyl groups excluding tert-OH is 1. The zero-order valence-corrected chi connectivity index (χ0v) is 12.7. The fourth-order valence-corrected chi connectivity index (χ4v) is 2.20. The number of aryl methyl sites for hydroxylation is 1. The van der Waals surface area contributed by atoms with Crippen LogP contribution in [-0.4, -0.2) is 17.1 Å². The molecule has 0 saturated heterocycles. The molecule has 118 valence electrons. The lowest BCUT2D eigenvalue weighted by Crippen LogP contribution is -2.33. The van der Waals surface area contributed by atoms with Crippen LogP contribution in [0.3, 0.4) is 0 Å². The van der Waals surface area contributed by atoms with Crippen molar-refractivity contribution in [3.63, 3.8) is 0 Å². The molecule has 2 unspecified atom stereocenters. The SMILES string of the molecule is CCc1ccc(C(=O)NC(C)CC(O)c2ccc(F)cc2)o1. The first-order valence-electron chi connectivity index (χ1n) is 7.32. The highest BCUT2D eigenvalue weighted by atomic mass is 19.1. The molecule has 0 spiro atoms. The van der Waals surface area contributed by atoms with Crippen molar-refractivity contribution < 1.29 is 18.7 Å². The first-order chi connectivity index (χ1) is 10.5. The van der Waals surface area contributed by atoms with Gasteiger partial charge in [0.1, 0.15) is 11.6 Å². The first-order valence-corrected chi connectivity index (χ1v) is 7.32. The van der Waals surface area contributed by atoms with E-state index >= 15 is 0 Å². The van der Waals surface area contributed by atoms with Crippen LogP contribution in [0.4, 0.5) is 4.39 Å². The van der Waals surface area contributed by atoms with Gasteiger partial charge in [0.05, 0.1) is 6.10 Å². The zero-order chi connectivity index (χ0) is 16.1. The molecule has 0 radical (unpaired) electrons. The number of halogens is 1. The second-order valence-corrected chi connectivity index (χ2v) is 5.30. The van der Waals surface area contributed by atoms with Crippen LogP contribution in [0.15, 0.2) is 40.8 Å². The van der Waals surface area contributed by atoms with E-state index in [0.29, 0.717) is 12.0 Å². The molecule has 2 aromatic rings. The quantitative estimate of drug-likeness (QED) is 0.861. The van der Waals surface area contributed by atoms with Gasteiger partial charge >= 0.3 is 0 Å². The Morgan fingerprint density at radius 1 is 1.27 bits per heavy atom. The topological polar surface area (TPSA) is 62.5 Å². The fourth-order valence-electron chi connectivity index (χ4n) is 2.20. The lowest BCUT2D eigenvalue weighted by atomic mass is 10.0. The molecule has 2 rings (SSSR count). The summed E-state index contributed by atoms with van der Waals surface area (Å²) in [5.74, 6) is 0.365. The molecule has 1 heterocycles. The van der Waals surface area contributed by atoms with Crippen molar-refractivity contribution in [1.82, 2.24) is 5.32 Å². The molecular formula is C17H20FNO3. The number of aliphatic hydroxyl groups is 1. The Labute approximate surface area is 129 Å². The molecule has 4 nitrogen and oxygen atoms in total. The lowest BCUT2D eigenvalue weighted by Gasteiger charge is -2.17. The Morgan fingerprint density at radius 2 is 1.95 bits per heavy atom. The van der Waals surface area contributed by atoms with Gasteiger partial charge in [-0.3, -0.25) is 4.79 Å². The van der Waals surface area contributed by atoms with Crippen LogP contribution in [0.25, 0.3) is 0 Å². The Balaban J connectivity index is 1.90. The molecule has 1 aromatic carbocycles. The fraction of sp³-hybridized carbons (Fsp3) is 0.353. The van der Waals surface area contributed by atoms with E-state index in [2.05, 4.69) is 5.32 Å². The summed E-state index contributed by atoms with van der Waals surface area (Å²) in [4.78, 5) is 12.0. The summed E-state index contributed by atoms with van der Waals surface area (Å²) in [5, 5.41) is 12.9. The summed E-state index contributed by atoms with van der Waals surface area (Å²) in [6, 6.07) is 8.84. The average Bonchev–Trinajstić information content (AvgIpc) is 2.96. The molecule has 5 heteroatoms. The molecule has 2 atom stereocenters. The minimum Gasteiger partial charge on any atom is -0.456 e. The number of hydrogen-bond acceptors (Lipinski definition) is 3. The van der Waals surface area contributed by atoms with E-state index in [9.17, 15) is 14.3 Å². The lowest BCUT2D eigenvalue weighted by molar-refractivity contribution is 0.0887. The number of nitrogens with one attached hydrogen (secondary N) is 1. The summed E-state index contributed by atoms with van der Waals surface area (Å²) < 4.78 is 18.2. The third-order valence-corrected chi connectivity index (χ3v) is 3.44. The molecule has 0 bridgehead atoms. The van der Waals surface area contributed by atoms with Gasteiger partial charge in [-0.15, -0.1) is 0 Å². The first kappa shape index (κ1) is 16.2. The highest BCUT2D eigenvalue weighted by molar-refractivity contribution is 5.91. The van der Waals surface area contributed by atoms with Crippen molar-refractivity contribution >= 4 is 5.91 Å². The molecule has 0 fully saturated rings. The predicted octanol–water partition coefficient (Wildman–Crippen LogP) is 3.22. The smallest absolute Gasteiger partial charge is 0.287 e. The van der Waals surface area contributed by atoms with Crippen molar-refractivity contribution in [1.29, 1.82) is 0 Å². The van der Waals surface area contributed by atoms with Crippen molar-refractivity contribution in [3.8, 4) is 0 Å². The summed E-state index contributed by atoms with van der Waals surface area (Å²) in [6.45, 7) is 3.75. The zero-order valence-electron chi connectivity index (χ0n) is 12.7. The third kappa shape index (κ3) is 4.18. The monoisotopic (exact) mass is 305 g/mol. The van der Waals surface area contributed by atoms with E-state index < -0.39 is 6.10 Å². The van der Waals surface area contributed by atoms with Gasteiger partial charge in [0.15, 0.2) is 5.76 Å². The van der Waals surface area contributed by atoms with E-state index in [-0.39, 0.29) is 23.5 Å². The third-order valence-electron chi connectivity index (χ3n) is 3.44. The van der Waals surface area contributed by atoms with Crippen molar-refractivity contribution in [2.24, 2.45) is 0 Å². The minimum absolute atomic E-state index is 0.247. The Morgan fingerprint density at radius 3 is 2.55 bits per heavy atom. The molecule has 2 N–H and O–H groups in total. The van der Waals surface area contributed by atoms with Gasteiger partial charge in [0.25, 0.3) is 5.91 Å².